The number of ether oxygens (including phenoxy) is 1. The Bertz CT molecular complexity index is 629. The molecule has 0 saturated heterocycles. The average Bonchev–Trinajstić information content (AvgIpc) is 3.15. The number of fused-ring (bicyclic) bond motifs is 2. The number of hydrogen-bond donors (Lipinski definition) is 0. The lowest BCUT2D eigenvalue weighted by molar-refractivity contribution is 0.469. The van der Waals surface area contributed by atoms with Gasteiger partial charge in [-0.15, -0.1) is 0 Å². The lowest BCUT2D eigenvalue weighted by Crippen LogP contribution is -2.09. The second-order valence-corrected chi connectivity index (χ2v) is 5.39. The third kappa shape index (κ3) is 1.35. The van der Waals surface area contributed by atoms with Gasteiger partial charge in [-0.05, 0) is 42.0 Å². The van der Waals surface area contributed by atoms with Gasteiger partial charge in [-0.2, -0.15) is 0 Å². The highest BCUT2D eigenvalue weighted by atomic mass is 16.5. The van der Waals surface area contributed by atoms with Gasteiger partial charge in [0.15, 0.2) is 11.5 Å². The van der Waals surface area contributed by atoms with Crippen LogP contribution in [0.15, 0.2) is 42.5 Å². The molecule has 0 N–H and O–H groups in total. The largest absolute Gasteiger partial charge is 0.453 e. The predicted octanol–water partition coefficient (Wildman–Crippen LogP) is 4.41. The molecular formula is C16H14NO. The van der Waals surface area contributed by atoms with Gasteiger partial charge in [0.2, 0.25) is 0 Å². The lowest BCUT2D eigenvalue weighted by Gasteiger charge is -2.23. The maximum Gasteiger partial charge on any atom is 0.153 e. The first kappa shape index (κ1) is 10.0. The van der Waals surface area contributed by atoms with E-state index in [0.717, 1.165) is 22.9 Å². The zero-order chi connectivity index (χ0) is 12.2. The minimum Gasteiger partial charge on any atom is -0.453 e. The van der Waals surface area contributed by atoms with E-state index in [4.69, 9.17) is 10.1 Å². The van der Waals surface area contributed by atoms with Crippen molar-refractivity contribution >= 4 is 11.4 Å². The molecule has 0 bridgehead atoms. The molecule has 2 nitrogen and oxygen atoms in total. The fraction of sp³-hybridized carbons (Fsp3) is 0.250. The molecule has 0 unspecified atom stereocenters. The Balaban J connectivity index is 1.86. The summed E-state index contributed by atoms with van der Waals surface area (Å²) >= 11 is 0. The Morgan fingerprint density at radius 3 is 2.61 bits per heavy atom. The highest BCUT2D eigenvalue weighted by Crippen LogP contribution is 2.54. The fourth-order valence-corrected chi connectivity index (χ4v) is 2.54. The van der Waals surface area contributed by atoms with Crippen LogP contribution in [0.2, 0.25) is 0 Å². The van der Waals surface area contributed by atoms with Gasteiger partial charge < -0.3 is 4.74 Å². The first-order valence-electron chi connectivity index (χ1n) is 6.38. The molecule has 1 aliphatic heterocycles. The van der Waals surface area contributed by atoms with Gasteiger partial charge in [-0.25, -0.2) is 5.32 Å². The van der Waals surface area contributed by atoms with Gasteiger partial charge in [0.25, 0.3) is 0 Å². The molecule has 1 heterocycles. The van der Waals surface area contributed by atoms with E-state index >= 15 is 0 Å². The quantitative estimate of drug-likeness (QED) is 0.613. The molecule has 1 saturated carbocycles. The van der Waals surface area contributed by atoms with Crippen molar-refractivity contribution in [2.75, 3.05) is 0 Å². The molecular weight excluding hydrogens is 222 g/mol. The highest BCUT2D eigenvalue weighted by Gasteiger charge is 2.42. The summed E-state index contributed by atoms with van der Waals surface area (Å²) in [5, 5.41) is 4.79. The predicted molar refractivity (Wildman–Crippen MR) is 71.0 cm³/mol. The molecule has 0 amide bonds. The number of benzene rings is 2. The lowest BCUT2D eigenvalue weighted by atomic mass is 9.95. The summed E-state index contributed by atoms with van der Waals surface area (Å²) in [6.45, 7) is 2.30. The maximum atomic E-state index is 5.95. The normalized spacial score (nSPS) is 18.1. The van der Waals surface area contributed by atoms with E-state index in [1.807, 2.05) is 30.3 Å². The van der Waals surface area contributed by atoms with E-state index in [-0.39, 0.29) is 0 Å². The van der Waals surface area contributed by atoms with Crippen molar-refractivity contribution in [2.24, 2.45) is 0 Å². The van der Waals surface area contributed by atoms with Crippen molar-refractivity contribution in [1.82, 2.24) is 5.32 Å². The van der Waals surface area contributed by atoms with Crippen LogP contribution in [0.5, 0.6) is 11.5 Å². The fourth-order valence-electron chi connectivity index (χ4n) is 2.54. The SMILES string of the molecule is CC1(c2cccc3c2[N]c2ccccc2O3)CC1. The highest BCUT2D eigenvalue weighted by molar-refractivity contribution is 5.71. The van der Waals surface area contributed by atoms with Crippen LogP contribution in [0, 0.1) is 0 Å². The first-order valence-corrected chi connectivity index (χ1v) is 6.38. The van der Waals surface area contributed by atoms with Gasteiger partial charge in [-0.1, -0.05) is 31.2 Å². The number of rotatable bonds is 1. The van der Waals surface area contributed by atoms with Gasteiger partial charge in [0.05, 0.1) is 0 Å². The van der Waals surface area contributed by atoms with E-state index < -0.39 is 0 Å². The minimum atomic E-state index is 0.310. The van der Waals surface area contributed by atoms with Crippen LogP contribution in [0.4, 0.5) is 11.4 Å². The molecule has 0 aromatic heterocycles. The van der Waals surface area contributed by atoms with Gasteiger partial charge in [-0.3, -0.25) is 0 Å². The van der Waals surface area contributed by atoms with E-state index in [9.17, 15) is 0 Å². The van der Waals surface area contributed by atoms with Crippen LogP contribution in [-0.4, -0.2) is 0 Å². The molecule has 2 aromatic rings. The minimum absolute atomic E-state index is 0.310. The molecule has 2 aromatic carbocycles. The molecule has 0 spiro atoms. The summed E-state index contributed by atoms with van der Waals surface area (Å²) < 4.78 is 5.95. The summed E-state index contributed by atoms with van der Waals surface area (Å²) in [5.74, 6) is 1.74. The Hall–Kier alpha value is -1.96. The second-order valence-electron chi connectivity index (χ2n) is 5.39. The standard InChI is InChI=1S/C16H14NO/c1-16(9-10-16)11-5-4-8-14-15(11)17-12-6-2-3-7-13(12)18-14/h2-8H,9-10H2,1H3. The van der Waals surface area contributed by atoms with Crippen molar-refractivity contribution in [3.8, 4) is 11.5 Å². The Morgan fingerprint density at radius 2 is 1.78 bits per heavy atom. The first-order chi connectivity index (χ1) is 8.76. The zero-order valence-corrected chi connectivity index (χ0v) is 10.3. The molecule has 0 atom stereocenters. The molecule has 18 heavy (non-hydrogen) atoms. The molecule has 2 aliphatic rings. The van der Waals surface area contributed by atoms with Crippen LogP contribution < -0.4 is 10.1 Å². The summed E-state index contributed by atoms with van der Waals surface area (Å²) in [5.41, 5.74) is 3.59. The zero-order valence-electron chi connectivity index (χ0n) is 10.3. The van der Waals surface area contributed by atoms with Crippen molar-refractivity contribution in [2.45, 2.75) is 25.2 Å². The van der Waals surface area contributed by atoms with Crippen LogP contribution in [-0.2, 0) is 5.41 Å². The van der Waals surface area contributed by atoms with Crippen LogP contribution in [0.25, 0.3) is 0 Å². The number of para-hydroxylation sites is 3. The average molecular weight is 236 g/mol. The van der Waals surface area contributed by atoms with Crippen molar-refractivity contribution < 1.29 is 4.74 Å². The van der Waals surface area contributed by atoms with Gasteiger partial charge in [0.1, 0.15) is 11.4 Å². The Kier molecular flexibility index (Phi) is 1.83. The van der Waals surface area contributed by atoms with E-state index in [1.54, 1.807) is 0 Å². The van der Waals surface area contributed by atoms with Crippen LogP contribution in [0.3, 0.4) is 0 Å². The number of hydrogen-bond acceptors (Lipinski definition) is 1. The molecule has 1 radical (unpaired) electrons. The molecule has 4 rings (SSSR count). The van der Waals surface area contributed by atoms with E-state index in [2.05, 4.69) is 19.1 Å². The second kappa shape index (κ2) is 3.29. The van der Waals surface area contributed by atoms with Crippen molar-refractivity contribution in [1.29, 1.82) is 0 Å². The summed E-state index contributed by atoms with van der Waals surface area (Å²) in [6.07, 6.45) is 2.50. The van der Waals surface area contributed by atoms with E-state index in [1.165, 1.54) is 18.4 Å². The summed E-state index contributed by atoms with van der Waals surface area (Å²) in [6, 6.07) is 14.2. The monoisotopic (exact) mass is 236 g/mol. The molecule has 1 aliphatic carbocycles. The summed E-state index contributed by atoms with van der Waals surface area (Å²) in [7, 11) is 0. The van der Waals surface area contributed by atoms with Crippen LogP contribution >= 0.6 is 0 Å². The Labute approximate surface area is 107 Å². The van der Waals surface area contributed by atoms with Gasteiger partial charge in [0, 0.05) is 0 Å². The molecule has 2 heteroatoms. The molecule has 1 fully saturated rings. The Morgan fingerprint density at radius 1 is 1.00 bits per heavy atom. The molecule has 89 valence electrons. The van der Waals surface area contributed by atoms with E-state index in [0.29, 0.717) is 5.41 Å². The third-order valence-corrected chi connectivity index (χ3v) is 3.97. The van der Waals surface area contributed by atoms with Gasteiger partial charge >= 0.3 is 0 Å². The summed E-state index contributed by atoms with van der Waals surface area (Å²) in [4.78, 5) is 0. The van der Waals surface area contributed by atoms with Crippen LogP contribution in [0.1, 0.15) is 25.3 Å². The number of nitrogens with zero attached hydrogens (tertiary/aromatic N) is 1. The van der Waals surface area contributed by atoms with Crippen molar-refractivity contribution in [3.63, 3.8) is 0 Å². The smallest absolute Gasteiger partial charge is 0.153 e. The maximum absolute atomic E-state index is 5.95. The topological polar surface area (TPSA) is 23.3 Å². The third-order valence-electron chi connectivity index (χ3n) is 3.97. The van der Waals surface area contributed by atoms with Crippen molar-refractivity contribution in [3.05, 3.63) is 48.0 Å².